The van der Waals surface area contributed by atoms with Gasteiger partial charge in [0.2, 0.25) is 0 Å². The van der Waals surface area contributed by atoms with E-state index in [9.17, 15) is 0 Å². The van der Waals surface area contributed by atoms with E-state index in [1.54, 1.807) is 0 Å². The van der Waals surface area contributed by atoms with Crippen molar-refractivity contribution in [3.05, 3.63) is 0 Å². The van der Waals surface area contributed by atoms with E-state index in [1.807, 2.05) is 0 Å². The van der Waals surface area contributed by atoms with Crippen LogP contribution in [-0.4, -0.2) is 32.1 Å². The molecule has 0 aromatic heterocycles. The van der Waals surface area contributed by atoms with Crippen LogP contribution in [0, 0.1) is 0 Å². The van der Waals surface area contributed by atoms with Gasteiger partial charge >= 0.3 is 91.5 Å². The Balaban J connectivity index is 1.65. The molecule has 0 saturated carbocycles. The molecule has 3 heteroatoms. The molecule has 0 amide bonds. The van der Waals surface area contributed by atoms with E-state index in [0.29, 0.717) is 0 Å². The van der Waals surface area contributed by atoms with E-state index in [0.717, 1.165) is 15.2 Å². The fraction of sp³-hybridized carbons (Fsp3) is 1.00. The zero-order valence-corrected chi connectivity index (χ0v) is 11.5. The zero-order chi connectivity index (χ0) is 10.9. The molecule has 2 N–H and O–H groups in total. The molecule has 10 aliphatic heterocycles. The molecule has 0 aromatic rings. The summed E-state index contributed by atoms with van der Waals surface area (Å²) in [5.41, 5.74) is 6.48. The van der Waals surface area contributed by atoms with Gasteiger partial charge in [0.25, 0.3) is 0 Å². The van der Waals surface area contributed by atoms with Crippen molar-refractivity contribution < 1.29 is 6.51 Å². The average molecular weight is 272 g/mol. The monoisotopic (exact) mass is 272 g/mol. The van der Waals surface area contributed by atoms with Crippen molar-refractivity contribution in [2.45, 2.75) is 47.2 Å². The van der Waals surface area contributed by atoms with Crippen molar-refractivity contribution in [1.82, 2.24) is 4.90 Å². The number of nitrogens with zero attached hydrogens (tertiary/aromatic N) is 1. The van der Waals surface area contributed by atoms with E-state index in [-0.39, 0.29) is 0 Å². The van der Waals surface area contributed by atoms with Crippen LogP contribution in [0.2, 0.25) is 47.2 Å². The molecule has 2 nitrogen and oxygen atoms in total. The molecule has 10 saturated heterocycles. The van der Waals surface area contributed by atoms with Gasteiger partial charge in [-0.15, -0.1) is 0 Å². The normalized spacial score (nSPS) is 124. The molecule has 10 rings (SSSR count). The van der Waals surface area contributed by atoms with Gasteiger partial charge in [-0.2, -0.15) is 0 Å². The second kappa shape index (κ2) is 0.524. The van der Waals surface area contributed by atoms with Crippen molar-refractivity contribution >= 4 is 0 Å². The van der Waals surface area contributed by atoms with Gasteiger partial charge in [-0.05, 0) is 0 Å². The van der Waals surface area contributed by atoms with E-state index >= 15 is 0 Å². The van der Waals surface area contributed by atoms with Gasteiger partial charge in [-0.3, -0.25) is 0 Å². The number of rotatable bonds is 3. The molecular weight excluding hydrogens is 252 g/mol. The molecular formula is C14H20FeN2. The van der Waals surface area contributed by atoms with Gasteiger partial charge < -0.3 is 0 Å². The van der Waals surface area contributed by atoms with Gasteiger partial charge in [0.05, 0.1) is 0 Å². The van der Waals surface area contributed by atoms with Crippen molar-refractivity contribution in [2.75, 3.05) is 27.2 Å². The molecule has 1 spiro atoms. The van der Waals surface area contributed by atoms with Crippen LogP contribution >= 0.6 is 0 Å². The third-order valence-electron chi connectivity index (χ3n) is 16.4. The Kier molecular flexibility index (Phi) is 0.208. The van der Waals surface area contributed by atoms with E-state index in [2.05, 4.69) is 19.0 Å². The third-order valence-corrected chi connectivity index (χ3v) is 60.4. The first-order valence-electron chi connectivity index (χ1n) is 7.47. The Morgan fingerprint density at radius 1 is 0.941 bits per heavy atom. The second-order valence-corrected chi connectivity index (χ2v) is 34.9. The number of hydrogen-bond donors (Lipinski definition) is 1. The molecule has 0 bridgehead atoms. The fourth-order valence-corrected chi connectivity index (χ4v) is 96.4. The van der Waals surface area contributed by atoms with Crippen LogP contribution in [0.3, 0.4) is 0 Å². The Morgan fingerprint density at radius 2 is 1.47 bits per heavy atom. The van der Waals surface area contributed by atoms with Crippen LogP contribution in [0.15, 0.2) is 0 Å². The average Bonchev–Trinajstić information content (AvgIpc) is 3.23. The number of nitrogens with two attached hydrogens (primary N) is 1. The summed E-state index contributed by atoms with van der Waals surface area (Å²) < 4.78 is 1.86. The molecule has 94 valence electrons. The predicted molar refractivity (Wildman–Crippen MR) is 63.0 cm³/mol. The summed E-state index contributed by atoms with van der Waals surface area (Å²) in [4.78, 5) is 13.8. The van der Waals surface area contributed by atoms with Crippen LogP contribution in [-0.2, 0) is 6.51 Å². The summed E-state index contributed by atoms with van der Waals surface area (Å²) in [6, 6.07) is 0. The van der Waals surface area contributed by atoms with Gasteiger partial charge in [-0.25, -0.2) is 0 Å². The molecule has 0 aromatic carbocycles. The van der Waals surface area contributed by atoms with Crippen LogP contribution in [0.25, 0.3) is 0 Å². The molecule has 0 aliphatic carbocycles. The quantitative estimate of drug-likeness (QED) is 0.800. The van der Waals surface area contributed by atoms with Gasteiger partial charge in [0.1, 0.15) is 0 Å². The van der Waals surface area contributed by atoms with Gasteiger partial charge in [-0.1, -0.05) is 0 Å². The number of fused-ring (bicyclic) bond motifs is 10. The minimum atomic E-state index is -2.98. The topological polar surface area (TPSA) is 29.3 Å². The molecule has 0 radical (unpaired) electrons. The molecule has 5 atom stereocenters. The molecule has 10 fully saturated rings. The molecule has 5 unspecified atom stereocenters. The van der Waals surface area contributed by atoms with E-state index < -0.39 is 6.51 Å². The van der Waals surface area contributed by atoms with Crippen LogP contribution in [0.4, 0.5) is 0 Å². The molecule has 10 aliphatic rings. The molecule has 17 heavy (non-hydrogen) atoms. The zero-order valence-electron chi connectivity index (χ0n) is 10.4. The van der Waals surface area contributed by atoms with Gasteiger partial charge in [0.15, 0.2) is 0 Å². The molecule has 10 heterocycles. The first-order valence-corrected chi connectivity index (χ1v) is 13.7. The maximum atomic E-state index is 6.48. The predicted octanol–water partition coefficient (Wildman–Crippen LogP) is 2.64. The fourth-order valence-electron chi connectivity index (χ4n) is 19.0. The Hall–Kier alpha value is 0.439. The summed E-state index contributed by atoms with van der Waals surface area (Å²) in [6.07, 6.45) is 0. The van der Waals surface area contributed by atoms with Crippen LogP contribution < -0.4 is 5.73 Å². The number of hydrogen-bond acceptors (Lipinski definition) is 2. The maximum absolute atomic E-state index is 6.48. The Labute approximate surface area is 91.6 Å². The third kappa shape index (κ3) is 0.0618. The van der Waals surface area contributed by atoms with Crippen molar-refractivity contribution in [3.8, 4) is 0 Å². The summed E-state index contributed by atoms with van der Waals surface area (Å²) in [6.45, 7) is -0.361. The standard InChI is InChI=1S/C9H15N2.C5H5.Fe/c1-11(2)7-9-5-3-4-8(9)6-10;1-2-4-5-3-1;/h3-5H,6-7,10H2,1-2H3;1-5H;. The first kappa shape index (κ1) is 6.74. The minimum absolute atomic E-state index is 0.899. The summed E-state index contributed by atoms with van der Waals surface area (Å²) in [5, 5.41) is 0. The Bertz CT molecular complexity index is 952. The van der Waals surface area contributed by atoms with E-state index in [4.69, 9.17) is 5.73 Å². The summed E-state index contributed by atoms with van der Waals surface area (Å²) in [7, 11) is 4.66. The van der Waals surface area contributed by atoms with Crippen molar-refractivity contribution in [1.29, 1.82) is 0 Å². The first-order chi connectivity index (χ1) is 7.91. The van der Waals surface area contributed by atoms with Crippen LogP contribution in [0.1, 0.15) is 0 Å². The van der Waals surface area contributed by atoms with Gasteiger partial charge in [0, 0.05) is 0 Å². The summed E-state index contributed by atoms with van der Waals surface area (Å²) >= 11 is 0. The SMILES string of the molecule is CN(C)C[C]12[CH]3[CH]4[CH]5[C]1(CN)[Fe]45321678[CH]2[CH]1[CH]6[CH]7[CH]28. The summed E-state index contributed by atoms with van der Waals surface area (Å²) in [5.74, 6) is 0. The van der Waals surface area contributed by atoms with E-state index in [1.165, 1.54) is 45.1 Å². The second-order valence-electron chi connectivity index (χ2n) is 11.5. The Morgan fingerprint density at radius 3 is 1.76 bits per heavy atom. The van der Waals surface area contributed by atoms with Crippen molar-refractivity contribution in [2.24, 2.45) is 5.73 Å². The van der Waals surface area contributed by atoms with Crippen LogP contribution in [0.5, 0.6) is 0 Å². The van der Waals surface area contributed by atoms with Crippen molar-refractivity contribution in [3.63, 3.8) is 0 Å².